The average molecular weight is 351 g/mol. The summed E-state index contributed by atoms with van der Waals surface area (Å²) in [4.78, 5) is 4.39. The van der Waals surface area contributed by atoms with Crippen LogP contribution in [0.3, 0.4) is 0 Å². The molecule has 3 rings (SSSR count). The van der Waals surface area contributed by atoms with Crippen molar-refractivity contribution in [1.82, 2.24) is 9.80 Å². The van der Waals surface area contributed by atoms with Crippen molar-refractivity contribution in [3.63, 3.8) is 0 Å². The van der Waals surface area contributed by atoms with E-state index < -0.39 is 0 Å². The van der Waals surface area contributed by atoms with E-state index in [1.807, 2.05) is 0 Å². The summed E-state index contributed by atoms with van der Waals surface area (Å²) in [5.74, 6) is 0. The molecule has 0 fully saturated rings. The Bertz CT molecular complexity index is 797. The van der Waals surface area contributed by atoms with Crippen molar-refractivity contribution in [3.8, 4) is 0 Å². The Kier molecular flexibility index (Phi) is 5.96. The number of rotatable bonds is 8. The summed E-state index contributed by atoms with van der Waals surface area (Å²) < 4.78 is 0. The maximum absolute atomic E-state index is 3.58. The van der Waals surface area contributed by atoms with Gasteiger partial charge in [-0.15, -0.1) is 0 Å². The minimum absolute atomic E-state index is 0.941. The molecule has 4 nitrogen and oxygen atoms in total. The molecule has 0 aliphatic heterocycles. The SMILES string of the molecule is CN(C)CCNc1cccc2cc3c(NCCN(C)C)cccc3cc12. The quantitative estimate of drug-likeness (QED) is 0.603. The highest BCUT2D eigenvalue weighted by molar-refractivity contribution is 6.07. The highest BCUT2D eigenvalue weighted by Crippen LogP contribution is 2.32. The maximum atomic E-state index is 3.58. The molecule has 0 heterocycles. The Morgan fingerprint density at radius 1 is 0.654 bits per heavy atom. The largest absolute Gasteiger partial charge is 0.383 e. The van der Waals surface area contributed by atoms with Crippen molar-refractivity contribution < 1.29 is 0 Å². The Labute approximate surface area is 156 Å². The van der Waals surface area contributed by atoms with Gasteiger partial charge < -0.3 is 20.4 Å². The number of nitrogens with zero attached hydrogens (tertiary/aromatic N) is 2. The topological polar surface area (TPSA) is 30.5 Å². The molecule has 4 heteroatoms. The van der Waals surface area contributed by atoms with Crippen molar-refractivity contribution in [2.75, 3.05) is 65.0 Å². The van der Waals surface area contributed by atoms with Gasteiger partial charge in [-0.25, -0.2) is 0 Å². The molecule has 0 spiro atoms. The normalized spacial score (nSPS) is 11.6. The fourth-order valence-electron chi connectivity index (χ4n) is 3.19. The van der Waals surface area contributed by atoms with E-state index in [2.05, 4.69) is 97.2 Å². The summed E-state index contributed by atoms with van der Waals surface area (Å²) in [5.41, 5.74) is 2.41. The molecule has 26 heavy (non-hydrogen) atoms. The first kappa shape index (κ1) is 18.5. The summed E-state index contributed by atoms with van der Waals surface area (Å²) in [5, 5.41) is 12.3. The van der Waals surface area contributed by atoms with Gasteiger partial charge in [-0.3, -0.25) is 0 Å². The molecule has 0 atom stereocenters. The number of benzene rings is 3. The summed E-state index contributed by atoms with van der Waals surface area (Å²) in [6.07, 6.45) is 0. The second-order valence-corrected chi connectivity index (χ2v) is 7.37. The molecule has 0 saturated carbocycles. The maximum Gasteiger partial charge on any atom is 0.0420 e. The van der Waals surface area contributed by atoms with Crippen LogP contribution in [0.4, 0.5) is 11.4 Å². The average Bonchev–Trinajstić information content (AvgIpc) is 2.60. The second-order valence-electron chi connectivity index (χ2n) is 7.37. The fourth-order valence-corrected chi connectivity index (χ4v) is 3.19. The molecule has 0 aliphatic rings. The van der Waals surface area contributed by atoms with Crippen molar-refractivity contribution in [1.29, 1.82) is 0 Å². The van der Waals surface area contributed by atoms with E-state index in [4.69, 9.17) is 0 Å². The van der Waals surface area contributed by atoms with Crippen LogP contribution >= 0.6 is 0 Å². The molecule has 0 amide bonds. The van der Waals surface area contributed by atoms with Gasteiger partial charge in [0.05, 0.1) is 0 Å². The highest BCUT2D eigenvalue weighted by atomic mass is 15.1. The minimum atomic E-state index is 0.941. The third-order valence-electron chi connectivity index (χ3n) is 4.63. The van der Waals surface area contributed by atoms with Crippen LogP contribution in [-0.2, 0) is 0 Å². The van der Waals surface area contributed by atoms with Gasteiger partial charge in [-0.2, -0.15) is 0 Å². The van der Waals surface area contributed by atoms with E-state index in [0.29, 0.717) is 0 Å². The Morgan fingerprint density at radius 3 is 1.46 bits per heavy atom. The number of anilines is 2. The number of fused-ring (bicyclic) bond motifs is 2. The molecule has 3 aromatic rings. The Balaban J connectivity index is 1.92. The van der Waals surface area contributed by atoms with Crippen LogP contribution in [0.5, 0.6) is 0 Å². The summed E-state index contributed by atoms with van der Waals surface area (Å²) in [7, 11) is 8.40. The van der Waals surface area contributed by atoms with Crippen LogP contribution in [0.15, 0.2) is 48.5 Å². The van der Waals surface area contributed by atoms with Crippen molar-refractivity contribution in [2.45, 2.75) is 0 Å². The zero-order chi connectivity index (χ0) is 18.5. The molecule has 2 N–H and O–H groups in total. The van der Waals surface area contributed by atoms with E-state index in [0.717, 1.165) is 26.2 Å². The van der Waals surface area contributed by atoms with E-state index in [1.165, 1.54) is 32.9 Å². The summed E-state index contributed by atoms with van der Waals surface area (Å²) in [6, 6.07) is 17.6. The van der Waals surface area contributed by atoms with Crippen LogP contribution in [0, 0.1) is 0 Å². The third-order valence-corrected chi connectivity index (χ3v) is 4.63. The first-order valence-electron chi connectivity index (χ1n) is 9.27. The number of nitrogens with one attached hydrogen (secondary N) is 2. The van der Waals surface area contributed by atoms with Gasteiger partial charge in [0.15, 0.2) is 0 Å². The fraction of sp³-hybridized carbons (Fsp3) is 0.364. The lowest BCUT2D eigenvalue weighted by molar-refractivity contribution is 0.425. The summed E-state index contributed by atoms with van der Waals surface area (Å²) >= 11 is 0. The van der Waals surface area contributed by atoms with Crippen LogP contribution in [0.1, 0.15) is 0 Å². The molecule has 0 saturated heterocycles. The molecular weight excluding hydrogens is 320 g/mol. The van der Waals surface area contributed by atoms with Gasteiger partial charge in [0.2, 0.25) is 0 Å². The minimum Gasteiger partial charge on any atom is -0.383 e. The van der Waals surface area contributed by atoms with Gasteiger partial charge in [0.1, 0.15) is 0 Å². The predicted octanol–water partition coefficient (Wildman–Crippen LogP) is 3.94. The Hall–Kier alpha value is -2.30. The molecule has 0 aromatic heterocycles. The van der Waals surface area contributed by atoms with Gasteiger partial charge in [-0.05, 0) is 63.2 Å². The lowest BCUT2D eigenvalue weighted by atomic mass is 10.0. The standard InChI is InChI=1S/C22H30N4/c1-25(2)13-11-23-21-9-5-7-17-16-20-18(15-19(17)21)8-6-10-22(20)24-12-14-26(3)4/h5-10,15-16,23-24H,11-14H2,1-4H3. The molecule has 0 aliphatic carbocycles. The zero-order valence-corrected chi connectivity index (χ0v) is 16.3. The Morgan fingerprint density at radius 2 is 1.08 bits per heavy atom. The smallest absolute Gasteiger partial charge is 0.0420 e. The zero-order valence-electron chi connectivity index (χ0n) is 16.3. The monoisotopic (exact) mass is 350 g/mol. The predicted molar refractivity (Wildman–Crippen MR) is 116 cm³/mol. The molecule has 3 aromatic carbocycles. The number of hydrogen-bond acceptors (Lipinski definition) is 4. The van der Waals surface area contributed by atoms with Crippen LogP contribution in [-0.4, -0.2) is 64.2 Å². The lowest BCUT2D eigenvalue weighted by Gasteiger charge is -2.16. The molecule has 0 radical (unpaired) electrons. The van der Waals surface area contributed by atoms with E-state index in [-0.39, 0.29) is 0 Å². The van der Waals surface area contributed by atoms with Crippen LogP contribution < -0.4 is 10.6 Å². The van der Waals surface area contributed by atoms with Gasteiger partial charge >= 0.3 is 0 Å². The first-order valence-corrected chi connectivity index (χ1v) is 9.27. The first-order chi connectivity index (χ1) is 12.5. The van der Waals surface area contributed by atoms with Crippen LogP contribution in [0.25, 0.3) is 21.5 Å². The highest BCUT2D eigenvalue weighted by Gasteiger charge is 2.06. The van der Waals surface area contributed by atoms with Crippen molar-refractivity contribution in [2.24, 2.45) is 0 Å². The molecule has 0 unspecified atom stereocenters. The second kappa shape index (κ2) is 8.39. The third kappa shape index (κ3) is 4.45. The molecular formula is C22H30N4. The molecule has 138 valence electrons. The summed E-state index contributed by atoms with van der Waals surface area (Å²) in [6.45, 7) is 3.92. The van der Waals surface area contributed by atoms with Gasteiger partial charge in [0.25, 0.3) is 0 Å². The van der Waals surface area contributed by atoms with E-state index in [9.17, 15) is 0 Å². The van der Waals surface area contributed by atoms with Gasteiger partial charge in [0, 0.05) is 48.3 Å². The lowest BCUT2D eigenvalue weighted by Crippen LogP contribution is -2.21. The van der Waals surface area contributed by atoms with Gasteiger partial charge in [-0.1, -0.05) is 24.3 Å². The van der Waals surface area contributed by atoms with E-state index in [1.54, 1.807) is 0 Å². The van der Waals surface area contributed by atoms with E-state index >= 15 is 0 Å². The number of likely N-dealkylation sites (N-methyl/N-ethyl adjacent to an activating group) is 2. The van der Waals surface area contributed by atoms with Crippen molar-refractivity contribution >= 4 is 32.9 Å². The van der Waals surface area contributed by atoms with Crippen molar-refractivity contribution in [3.05, 3.63) is 48.5 Å². The van der Waals surface area contributed by atoms with Crippen LogP contribution in [0.2, 0.25) is 0 Å². The molecule has 0 bridgehead atoms. The number of hydrogen-bond donors (Lipinski definition) is 2.